The van der Waals surface area contributed by atoms with Gasteiger partial charge in [-0.3, -0.25) is 4.79 Å². The van der Waals surface area contributed by atoms with Crippen LogP contribution in [0.3, 0.4) is 0 Å². The predicted molar refractivity (Wildman–Crippen MR) is 68.1 cm³/mol. The third-order valence-electron chi connectivity index (χ3n) is 3.06. The van der Waals surface area contributed by atoms with Crippen molar-refractivity contribution in [2.24, 2.45) is 0 Å². The minimum Gasteiger partial charge on any atom is -0.392 e. The van der Waals surface area contributed by atoms with E-state index in [0.29, 0.717) is 13.0 Å². The van der Waals surface area contributed by atoms with Crippen LogP contribution in [-0.2, 0) is 11.2 Å². The van der Waals surface area contributed by atoms with Crippen molar-refractivity contribution in [3.05, 3.63) is 22.4 Å². The Morgan fingerprint density at radius 2 is 2.53 bits per heavy atom. The average Bonchev–Trinajstić information content (AvgIpc) is 2.95. The second-order valence-electron chi connectivity index (χ2n) is 4.44. The second-order valence-corrected chi connectivity index (χ2v) is 5.47. The number of rotatable bonds is 4. The van der Waals surface area contributed by atoms with Crippen molar-refractivity contribution in [1.82, 2.24) is 10.2 Å². The van der Waals surface area contributed by atoms with Gasteiger partial charge in [0.1, 0.15) is 0 Å². The molecule has 5 heteroatoms. The number of nitrogens with one attached hydrogen (secondary N) is 1. The highest BCUT2D eigenvalue weighted by atomic mass is 32.1. The first kappa shape index (κ1) is 12.5. The SMILES string of the molecule is CN(CCc1cccs1)C(=O)[C@@H]1C[C@@H](O)CN1. The minimum absolute atomic E-state index is 0.0816. The Kier molecular flexibility index (Phi) is 4.15. The molecule has 1 amide bonds. The van der Waals surface area contributed by atoms with E-state index in [1.165, 1.54) is 4.88 Å². The van der Waals surface area contributed by atoms with Crippen molar-refractivity contribution in [1.29, 1.82) is 0 Å². The fourth-order valence-corrected chi connectivity index (χ4v) is 2.71. The van der Waals surface area contributed by atoms with Crippen LogP contribution in [0.1, 0.15) is 11.3 Å². The highest BCUT2D eigenvalue weighted by molar-refractivity contribution is 7.09. The molecule has 1 aromatic heterocycles. The molecule has 17 heavy (non-hydrogen) atoms. The first-order valence-electron chi connectivity index (χ1n) is 5.85. The van der Waals surface area contributed by atoms with Crippen molar-refractivity contribution < 1.29 is 9.90 Å². The molecule has 0 spiro atoms. The molecular weight excluding hydrogens is 236 g/mol. The lowest BCUT2D eigenvalue weighted by molar-refractivity contribution is -0.131. The quantitative estimate of drug-likeness (QED) is 0.821. The monoisotopic (exact) mass is 254 g/mol. The van der Waals surface area contributed by atoms with Gasteiger partial charge in [-0.15, -0.1) is 11.3 Å². The maximum atomic E-state index is 12.0. The molecule has 0 aliphatic carbocycles. The van der Waals surface area contributed by atoms with Crippen LogP contribution in [-0.4, -0.2) is 48.2 Å². The number of thiophene rings is 1. The van der Waals surface area contributed by atoms with E-state index in [1.54, 1.807) is 16.2 Å². The van der Waals surface area contributed by atoms with Crippen LogP contribution in [0.5, 0.6) is 0 Å². The molecule has 2 heterocycles. The molecule has 1 fully saturated rings. The Morgan fingerprint density at radius 1 is 1.71 bits per heavy atom. The summed E-state index contributed by atoms with van der Waals surface area (Å²) in [4.78, 5) is 15.0. The molecule has 0 unspecified atom stereocenters. The molecule has 0 radical (unpaired) electrons. The molecule has 1 aromatic rings. The Morgan fingerprint density at radius 3 is 3.12 bits per heavy atom. The standard InChI is InChI=1S/C12H18N2O2S/c1-14(5-4-10-3-2-6-17-10)12(16)11-7-9(15)8-13-11/h2-3,6,9,11,13,15H,4-5,7-8H2,1H3/t9-,11+/m1/s1. The van der Waals surface area contributed by atoms with E-state index < -0.39 is 0 Å². The highest BCUT2D eigenvalue weighted by Gasteiger charge is 2.29. The summed E-state index contributed by atoms with van der Waals surface area (Å²) in [6.07, 6.45) is 1.05. The summed E-state index contributed by atoms with van der Waals surface area (Å²) < 4.78 is 0. The molecule has 2 rings (SSSR count). The number of aliphatic hydroxyl groups excluding tert-OH is 1. The number of nitrogens with zero attached hydrogens (tertiary/aromatic N) is 1. The van der Waals surface area contributed by atoms with Gasteiger partial charge in [0.2, 0.25) is 5.91 Å². The third-order valence-corrected chi connectivity index (χ3v) is 3.99. The maximum absolute atomic E-state index is 12.0. The third kappa shape index (κ3) is 3.28. The van der Waals surface area contributed by atoms with Crippen LogP contribution < -0.4 is 5.32 Å². The van der Waals surface area contributed by atoms with Gasteiger partial charge >= 0.3 is 0 Å². The van der Waals surface area contributed by atoms with E-state index in [0.717, 1.165) is 13.0 Å². The molecule has 0 bridgehead atoms. The number of hydrogen-bond acceptors (Lipinski definition) is 4. The van der Waals surface area contributed by atoms with Crippen molar-refractivity contribution in [3.63, 3.8) is 0 Å². The summed E-state index contributed by atoms with van der Waals surface area (Å²) in [6, 6.07) is 3.90. The molecule has 1 aliphatic heterocycles. The van der Waals surface area contributed by atoms with Crippen LogP contribution in [0.2, 0.25) is 0 Å². The number of carbonyl (C=O) groups excluding carboxylic acids is 1. The van der Waals surface area contributed by atoms with Gasteiger partial charge in [-0.25, -0.2) is 0 Å². The Balaban J connectivity index is 1.79. The van der Waals surface area contributed by atoms with Gasteiger partial charge in [0, 0.05) is 25.0 Å². The molecule has 1 saturated heterocycles. The second kappa shape index (κ2) is 5.62. The lowest BCUT2D eigenvalue weighted by atomic mass is 10.2. The van der Waals surface area contributed by atoms with Crippen LogP contribution >= 0.6 is 11.3 Å². The maximum Gasteiger partial charge on any atom is 0.239 e. The number of likely N-dealkylation sites (N-methyl/N-ethyl adjacent to an activating group) is 1. The van der Waals surface area contributed by atoms with Crippen LogP contribution in [0.25, 0.3) is 0 Å². The van der Waals surface area contributed by atoms with Gasteiger partial charge in [0.25, 0.3) is 0 Å². The summed E-state index contributed by atoms with van der Waals surface area (Å²) in [5, 5.41) is 14.5. The van der Waals surface area contributed by atoms with Crippen LogP contribution in [0, 0.1) is 0 Å². The lowest BCUT2D eigenvalue weighted by Crippen LogP contribution is -2.42. The zero-order chi connectivity index (χ0) is 12.3. The number of amides is 1. The molecule has 2 N–H and O–H groups in total. The van der Waals surface area contributed by atoms with Crippen LogP contribution in [0.4, 0.5) is 0 Å². The average molecular weight is 254 g/mol. The Hall–Kier alpha value is -0.910. The zero-order valence-corrected chi connectivity index (χ0v) is 10.7. The predicted octanol–water partition coefficient (Wildman–Crippen LogP) is 0.472. The topological polar surface area (TPSA) is 52.6 Å². The number of carbonyl (C=O) groups is 1. The summed E-state index contributed by atoms with van der Waals surface area (Å²) >= 11 is 1.72. The van der Waals surface area contributed by atoms with Gasteiger partial charge in [-0.1, -0.05) is 6.07 Å². The van der Waals surface area contributed by atoms with Gasteiger partial charge in [0.15, 0.2) is 0 Å². The van der Waals surface area contributed by atoms with Crippen LogP contribution in [0.15, 0.2) is 17.5 Å². The van der Waals surface area contributed by atoms with Gasteiger partial charge in [-0.05, 0) is 24.3 Å². The first-order valence-corrected chi connectivity index (χ1v) is 6.73. The highest BCUT2D eigenvalue weighted by Crippen LogP contribution is 2.12. The molecule has 94 valence electrons. The number of aliphatic hydroxyl groups is 1. The van der Waals surface area contributed by atoms with E-state index in [1.807, 2.05) is 18.5 Å². The summed E-state index contributed by atoms with van der Waals surface area (Å²) in [6.45, 7) is 1.25. The smallest absolute Gasteiger partial charge is 0.239 e. The fourth-order valence-electron chi connectivity index (χ4n) is 2.01. The van der Waals surface area contributed by atoms with E-state index in [2.05, 4.69) is 11.4 Å². The Labute approximate surface area is 105 Å². The van der Waals surface area contributed by atoms with Crippen molar-refractivity contribution in [2.75, 3.05) is 20.1 Å². The largest absolute Gasteiger partial charge is 0.392 e. The van der Waals surface area contributed by atoms with E-state index >= 15 is 0 Å². The number of β-amino-alcohol motifs (C(OH)–C–C–N with tert-alkyl or cyclic N) is 1. The molecule has 0 saturated carbocycles. The normalized spacial score (nSPS) is 23.9. The number of hydrogen-bond donors (Lipinski definition) is 2. The Bertz CT molecular complexity index is 367. The van der Waals surface area contributed by atoms with Crippen molar-refractivity contribution in [3.8, 4) is 0 Å². The molecule has 4 nitrogen and oxygen atoms in total. The lowest BCUT2D eigenvalue weighted by Gasteiger charge is -2.20. The molecule has 2 atom stereocenters. The van der Waals surface area contributed by atoms with Gasteiger partial charge < -0.3 is 15.3 Å². The van der Waals surface area contributed by atoms with E-state index in [9.17, 15) is 9.90 Å². The summed E-state index contributed by atoms with van der Waals surface area (Å²) in [5.41, 5.74) is 0. The fraction of sp³-hybridized carbons (Fsp3) is 0.583. The van der Waals surface area contributed by atoms with Crippen molar-refractivity contribution in [2.45, 2.75) is 25.0 Å². The molecular formula is C12H18N2O2S. The first-order chi connectivity index (χ1) is 8.16. The van der Waals surface area contributed by atoms with Gasteiger partial charge in [-0.2, -0.15) is 0 Å². The molecule has 1 aliphatic rings. The zero-order valence-electron chi connectivity index (χ0n) is 9.93. The minimum atomic E-state index is -0.380. The molecule has 0 aromatic carbocycles. The van der Waals surface area contributed by atoms with E-state index in [-0.39, 0.29) is 18.1 Å². The summed E-state index contributed by atoms with van der Waals surface area (Å²) in [7, 11) is 1.82. The van der Waals surface area contributed by atoms with Crippen molar-refractivity contribution >= 4 is 17.2 Å². The summed E-state index contributed by atoms with van der Waals surface area (Å²) in [5.74, 6) is 0.0816. The van der Waals surface area contributed by atoms with E-state index in [4.69, 9.17) is 0 Å². The van der Waals surface area contributed by atoms with Gasteiger partial charge in [0.05, 0.1) is 12.1 Å².